The molecule has 20 heavy (non-hydrogen) atoms. The summed E-state index contributed by atoms with van der Waals surface area (Å²) >= 11 is 0. The fourth-order valence-electron chi connectivity index (χ4n) is 2.23. The van der Waals surface area contributed by atoms with Crippen LogP contribution >= 0.6 is 0 Å². The molecule has 0 aliphatic carbocycles. The molecule has 0 saturated carbocycles. The van der Waals surface area contributed by atoms with E-state index in [9.17, 15) is 0 Å². The first kappa shape index (κ1) is 14.3. The number of ether oxygens (including phenoxy) is 1. The Morgan fingerprint density at radius 3 is 2.40 bits per heavy atom. The summed E-state index contributed by atoms with van der Waals surface area (Å²) < 4.78 is 5.31. The van der Waals surface area contributed by atoms with Crippen LogP contribution in [0.15, 0.2) is 48.5 Å². The summed E-state index contributed by atoms with van der Waals surface area (Å²) in [5.41, 5.74) is 8.96. The Kier molecular flexibility index (Phi) is 4.51. The van der Waals surface area contributed by atoms with E-state index in [2.05, 4.69) is 43.0 Å². The van der Waals surface area contributed by atoms with Crippen molar-refractivity contribution in [2.75, 3.05) is 17.7 Å². The van der Waals surface area contributed by atoms with Crippen LogP contribution in [0.1, 0.15) is 19.4 Å². The van der Waals surface area contributed by atoms with Crippen LogP contribution in [0.25, 0.3) is 0 Å². The second-order valence-corrected chi connectivity index (χ2v) is 5.13. The van der Waals surface area contributed by atoms with E-state index in [1.807, 2.05) is 24.3 Å². The van der Waals surface area contributed by atoms with Gasteiger partial charge in [-0.3, -0.25) is 0 Å². The minimum Gasteiger partial charge on any atom is -0.495 e. The van der Waals surface area contributed by atoms with Crippen LogP contribution < -0.4 is 15.4 Å². The first-order valence-electron chi connectivity index (χ1n) is 6.86. The van der Waals surface area contributed by atoms with Crippen molar-refractivity contribution in [1.82, 2.24) is 0 Å². The molecule has 0 aliphatic heterocycles. The minimum absolute atomic E-state index is 0.392. The molecule has 3 nitrogen and oxygen atoms in total. The third-order valence-corrected chi connectivity index (χ3v) is 3.37. The summed E-state index contributed by atoms with van der Waals surface area (Å²) in [5.74, 6) is 0.723. The predicted molar refractivity (Wildman–Crippen MR) is 85.2 cm³/mol. The number of hydrogen-bond donors (Lipinski definition) is 1. The molecule has 0 amide bonds. The molecule has 2 aromatic rings. The second-order valence-electron chi connectivity index (χ2n) is 5.13. The SMILES string of the molecule is COc1cc(N(Cc2ccccc2)C(C)C)ccc1N. The van der Waals surface area contributed by atoms with Gasteiger partial charge >= 0.3 is 0 Å². The first-order chi connectivity index (χ1) is 9.61. The van der Waals surface area contributed by atoms with Crippen molar-refractivity contribution in [2.45, 2.75) is 26.4 Å². The van der Waals surface area contributed by atoms with E-state index in [0.29, 0.717) is 11.7 Å². The molecule has 2 aromatic carbocycles. The summed E-state index contributed by atoms with van der Waals surface area (Å²) in [4.78, 5) is 2.33. The zero-order valence-electron chi connectivity index (χ0n) is 12.3. The Balaban J connectivity index is 2.29. The molecular formula is C17H22N2O. The smallest absolute Gasteiger partial charge is 0.143 e. The molecule has 0 atom stereocenters. The zero-order chi connectivity index (χ0) is 14.5. The maximum absolute atomic E-state index is 5.89. The van der Waals surface area contributed by atoms with Crippen LogP contribution in [0.3, 0.4) is 0 Å². The molecule has 2 N–H and O–H groups in total. The summed E-state index contributed by atoms with van der Waals surface area (Å²) in [5, 5.41) is 0. The molecule has 0 fully saturated rings. The van der Waals surface area contributed by atoms with Crippen LogP contribution in [0.5, 0.6) is 5.75 Å². The van der Waals surface area contributed by atoms with Crippen LogP contribution in [-0.2, 0) is 6.54 Å². The molecule has 0 bridgehead atoms. The Hall–Kier alpha value is -2.16. The molecule has 0 aromatic heterocycles. The number of nitrogens with two attached hydrogens (primary N) is 1. The van der Waals surface area contributed by atoms with Crippen molar-refractivity contribution in [2.24, 2.45) is 0 Å². The number of nitrogens with zero attached hydrogens (tertiary/aromatic N) is 1. The predicted octanol–water partition coefficient (Wildman–Crippen LogP) is 3.69. The van der Waals surface area contributed by atoms with Gasteiger partial charge in [0.2, 0.25) is 0 Å². The molecule has 0 spiro atoms. The van der Waals surface area contributed by atoms with Crippen molar-refractivity contribution < 1.29 is 4.74 Å². The van der Waals surface area contributed by atoms with Crippen molar-refractivity contribution >= 4 is 11.4 Å². The van der Waals surface area contributed by atoms with Gasteiger partial charge in [-0.25, -0.2) is 0 Å². The van der Waals surface area contributed by atoms with Crippen molar-refractivity contribution in [1.29, 1.82) is 0 Å². The molecule has 106 valence electrons. The van der Waals surface area contributed by atoms with Crippen molar-refractivity contribution in [3.8, 4) is 5.75 Å². The standard InChI is InChI=1S/C17H22N2O/c1-13(2)19(12-14-7-5-4-6-8-14)15-9-10-16(18)17(11-15)20-3/h4-11,13H,12,18H2,1-3H3. The molecule has 0 unspecified atom stereocenters. The van der Waals surface area contributed by atoms with Gasteiger partial charge in [-0.1, -0.05) is 30.3 Å². The number of hydrogen-bond acceptors (Lipinski definition) is 3. The van der Waals surface area contributed by atoms with Crippen LogP contribution in [0.2, 0.25) is 0 Å². The number of rotatable bonds is 5. The van der Waals surface area contributed by atoms with Gasteiger partial charge < -0.3 is 15.4 Å². The topological polar surface area (TPSA) is 38.5 Å². The number of methoxy groups -OCH3 is 1. The van der Waals surface area contributed by atoms with Crippen molar-refractivity contribution in [3.05, 3.63) is 54.1 Å². The molecule has 0 saturated heterocycles. The van der Waals surface area contributed by atoms with Gasteiger partial charge in [0.05, 0.1) is 12.8 Å². The largest absolute Gasteiger partial charge is 0.495 e. The lowest BCUT2D eigenvalue weighted by Gasteiger charge is -2.29. The highest BCUT2D eigenvalue weighted by Gasteiger charge is 2.13. The minimum atomic E-state index is 0.392. The van der Waals surface area contributed by atoms with Gasteiger partial charge in [0.15, 0.2) is 0 Å². The maximum Gasteiger partial charge on any atom is 0.143 e. The molecule has 3 heteroatoms. The zero-order valence-corrected chi connectivity index (χ0v) is 12.3. The fraction of sp³-hybridized carbons (Fsp3) is 0.294. The number of benzene rings is 2. The highest BCUT2D eigenvalue weighted by Crippen LogP contribution is 2.29. The van der Waals surface area contributed by atoms with Gasteiger partial charge in [0.1, 0.15) is 5.75 Å². The fourth-order valence-corrected chi connectivity index (χ4v) is 2.23. The Morgan fingerprint density at radius 1 is 1.10 bits per heavy atom. The van der Waals surface area contributed by atoms with Gasteiger partial charge in [-0.2, -0.15) is 0 Å². The van der Waals surface area contributed by atoms with Gasteiger partial charge in [-0.15, -0.1) is 0 Å². The molecule has 0 radical (unpaired) electrons. The first-order valence-corrected chi connectivity index (χ1v) is 6.86. The number of nitrogen functional groups attached to an aromatic ring is 1. The quantitative estimate of drug-likeness (QED) is 0.842. The molecule has 0 aliphatic rings. The Bertz CT molecular complexity index is 552. The van der Waals surface area contributed by atoms with Crippen LogP contribution in [0.4, 0.5) is 11.4 Å². The summed E-state index contributed by atoms with van der Waals surface area (Å²) in [6.45, 7) is 5.24. The van der Waals surface area contributed by atoms with Gasteiger partial charge in [0, 0.05) is 24.3 Å². The highest BCUT2D eigenvalue weighted by atomic mass is 16.5. The summed E-state index contributed by atoms with van der Waals surface area (Å²) in [6, 6.07) is 16.8. The third kappa shape index (κ3) is 3.23. The summed E-state index contributed by atoms with van der Waals surface area (Å²) in [6.07, 6.45) is 0. The normalized spacial score (nSPS) is 10.6. The lowest BCUT2D eigenvalue weighted by atomic mass is 10.1. The molecule has 0 heterocycles. The van der Waals surface area contributed by atoms with Gasteiger partial charge in [0.25, 0.3) is 0 Å². The number of anilines is 2. The Morgan fingerprint density at radius 2 is 1.80 bits per heavy atom. The maximum atomic E-state index is 5.89. The van der Waals surface area contributed by atoms with E-state index in [-0.39, 0.29) is 0 Å². The van der Waals surface area contributed by atoms with Crippen LogP contribution in [-0.4, -0.2) is 13.2 Å². The average Bonchev–Trinajstić information content (AvgIpc) is 2.46. The van der Waals surface area contributed by atoms with Crippen LogP contribution in [0, 0.1) is 0 Å². The van der Waals surface area contributed by atoms with E-state index >= 15 is 0 Å². The van der Waals surface area contributed by atoms with E-state index in [1.54, 1.807) is 7.11 Å². The van der Waals surface area contributed by atoms with Gasteiger partial charge in [-0.05, 0) is 31.5 Å². The monoisotopic (exact) mass is 270 g/mol. The highest BCUT2D eigenvalue weighted by molar-refractivity contribution is 5.62. The molecular weight excluding hydrogens is 248 g/mol. The second kappa shape index (κ2) is 6.33. The van der Waals surface area contributed by atoms with Crippen molar-refractivity contribution in [3.63, 3.8) is 0 Å². The lowest BCUT2D eigenvalue weighted by Crippen LogP contribution is -2.30. The third-order valence-electron chi connectivity index (χ3n) is 3.37. The lowest BCUT2D eigenvalue weighted by molar-refractivity contribution is 0.417. The Labute approximate surface area is 121 Å². The summed E-state index contributed by atoms with van der Waals surface area (Å²) in [7, 11) is 1.65. The average molecular weight is 270 g/mol. The van der Waals surface area contributed by atoms with E-state index < -0.39 is 0 Å². The molecule has 2 rings (SSSR count). The van der Waals surface area contributed by atoms with E-state index in [4.69, 9.17) is 10.5 Å². The van der Waals surface area contributed by atoms with E-state index in [1.165, 1.54) is 5.56 Å². The van der Waals surface area contributed by atoms with E-state index in [0.717, 1.165) is 18.0 Å².